The Hall–Kier alpha value is -2.09. The molecule has 0 aliphatic carbocycles. The number of rotatable bonds is 1. The third-order valence-corrected chi connectivity index (χ3v) is 5.57. The van der Waals surface area contributed by atoms with E-state index < -0.39 is 0 Å². The molecule has 8 nitrogen and oxygen atoms in total. The van der Waals surface area contributed by atoms with Crippen molar-refractivity contribution in [3.8, 4) is 0 Å². The van der Waals surface area contributed by atoms with Gasteiger partial charge in [0.15, 0.2) is 0 Å². The van der Waals surface area contributed by atoms with Crippen molar-refractivity contribution in [2.75, 3.05) is 59.4 Å². The zero-order chi connectivity index (χ0) is 17.4. The van der Waals surface area contributed by atoms with E-state index in [-0.39, 0.29) is 11.9 Å². The van der Waals surface area contributed by atoms with Gasteiger partial charge in [-0.1, -0.05) is 0 Å². The molecule has 0 unspecified atom stereocenters. The highest BCUT2D eigenvalue weighted by Gasteiger charge is 2.31. The number of nitrogens with zero attached hydrogens (tertiary/aromatic N) is 6. The summed E-state index contributed by atoms with van der Waals surface area (Å²) in [5, 5.41) is 4.32. The van der Waals surface area contributed by atoms with Gasteiger partial charge >= 0.3 is 6.03 Å². The zero-order valence-electron chi connectivity index (χ0n) is 14.9. The molecule has 136 valence electrons. The molecule has 1 aromatic heterocycles. The van der Waals surface area contributed by atoms with Crippen LogP contribution in [0.25, 0.3) is 0 Å². The van der Waals surface area contributed by atoms with Crippen LogP contribution >= 0.6 is 0 Å². The summed E-state index contributed by atoms with van der Waals surface area (Å²) in [5.41, 5.74) is 1.82. The highest BCUT2D eigenvalue weighted by molar-refractivity contribution is 5.95. The first-order chi connectivity index (χ1) is 12.1. The number of carbonyl (C=O) groups excluding carboxylic acids is 2. The van der Waals surface area contributed by atoms with Gasteiger partial charge in [0.2, 0.25) is 0 Å². The monoisotopic (exact) mass is 346 g/mol. The minimum atomic E-state index is 0.0647. The summed E-state index contributed by atoms with van der Waals surface area (Å²) in [6.45, 7) is 6.77. The van der Waals surface area contributed by atoms with E-state index in [9.17, 15) is 9.59 Å². The average molecular weight is 346 g/mol. The number of fused-ring (bicyclic) bond motifs is 1. The second kappa shape index (κ2) is 6.67. The van der Waals surface area contributed by atoms with E-state index in [4.69, 9.17) is 0 Å². The van der Waals surface area contributed by atoms with Crippen molar-refractivity contribution in [1.82, 2.24) is 29.4 Å². The quantitative estimate of drug-likeness (QED) is 0.715. The van der Waals surface area contributed by atoms with E-state index in [2.05, 4.69) is 17.0 Å². The minimum Gasteiger partial charge on any atom is -0.335 e. The van der Waals surface area contributed by atoms with Gasteiger partial charge in [0.25, 0.3) is 5.91 Å². The van der Waals surface area contributed by atoms with Crippen molar-refractivity contribution in [2.45, 2.75) is 19.4 Å². The number of aromatic nitrogens is 2. The van der Waals surface area contributed by atoms with Gasteiger partial charge in [0.1, 0.15) is 0 Å². The van der Waals surface area contributed by atoms with E-state index in [0.717, 1.165) is 56.8 Å². The molecule has 0 aromatic carbocycles. The van der Waals surface area contributed by atoms with Crippen molar-refractivity contribution >= 4 is 11.9 Å². The molecule has 3 aliphatic rings. The molecule has 4 heterocycles. The third-order valence-electron chi connectivity index (χ3n) is 5.57. The Kier molecular flexibility index (Phi) is 4.37. The van der Waals surface area contributed by atoms with Gasteiger partial charge < -0.3 is 19.6 Å². The lowest BCUT2D eigenvalue weighted by Gasteiger charge is -2.39. The van der Waals surface area contributed by atoms with Crippen LogP contribution in [0.4, 0.5) is 4.79 Å². The molecule has 8 heteroatoms. The van der Waals surface area contributed by atoms with Crippen molar-refractivity contribution < 1.29 is 9.59 Å². The number of urea groups is 1. The number of amides is 3. The lowest BCUT2D eigenvalue weighted by atomic mass is 10.1. The first-order valence-electron chi connectivity index (χ1n) is 9.20. The maximum atomic E-state index is 12.8. The van der Waals surface area contributed by atoms with Gasteiger partial charge in [0.05, 0.1) is 17.5 Å². The van der Waals surface area contributed by atoms with E-state index >= 15 is 0 Å². The Morgan fingerprint density at radius 3 is 2.16 bits per heavy atom. The third kappa shape index (κ3) is 3.10. The Bertz CT molecular complexity index is 656. The fraction of sp³-hybridized carbons (Fsp3) is 0.706. The second-order valence-electron chi connectivity index (χ2n) is 7.18. The molecule has 0 bridgehead atoms. The smallest absolute Gasteiger partial charge is 0.320 e. The Morgan fingerprint density at radius 1 is 0.880 bits per heavy atom. The first-order valence-corrected chi connectivity index (χ1v) is 9.20. The summed E-state index contributed by atoms with van der Waals surface area (Å²) in [6, 6.07) is 0.117. The number of aryl methyl sites for hydroxylation is 1. The summed E-state index contributed by atoms with van der Waals surface area (Å²) in [4.78, 5) is 33.3. The van der Waals surface area contributed by atoms with Crippen LogP contribution in [0.5, 0.6) is 0 Å². The molecular formula is C17H26N6O2. The molecule has 2 fully saturated rings. The fourth-order valence-corrected chi connectivity index (χ4v) is 3.91. The highest BCUT2D eigenvalue weighted by atomic mass is 16.2. The summed E-state index contributed by atoms with van der Waals surface area (Å²) in [5.74, 6) is 0.0647. The van der Waals surface area contributed by atoms with E-state index in [0.29, 0.717) is 26.2 Å². The molecule has 0 spiro atoms. The normalized spacial score (nSPS) is 21.6. The van der Waals surface area contributed by atoms with Crippen LogP contribution in [0.15, 0.2) is 6.20 Å². The minimum absolute atomic E-state index is 0.0647. The van der Waals surface area contributed by atoms with Crippen LogP contribution in [0.1, 0.15) is 22.5 Å². The van der Waals surface area contributed by atoms with Crippen molar-refractivity contribution in [2.24, 2.45) is 0 Å². The van der Waals surface area contributed by atoms with Crippen LogP contribution in [0.2, 0.25) is 0 Å². The number of piperazine rings is 2. The van der Waals surface area contributed by atoms with Crippen molar-refractivity contribution in [3.05, 3.63) is 17.5 Å². The number of likely N-dealkylation sites (N-methyl/N-ethyl adjacent to an activating group) is 1. The highest BCUT2D eigenvalue weighted by Crippen LogP contribution is 2.20. The fourth-order valence-electron chi connectivity index (χ4n) is 3.91. The molecule has 4 rings (SSSR count). The molecule has 0 N–H and O–H groups in total. The molecule has 1 aromatic rings. The van der Waals surface area contributed by atoms with Gasteiger partial charge in [-0.3, -0.25) is 9.48 Å². The molecule has 25 heavy (non-hydrogen) atoms. The van der Waals surface area contributed by atoms with Gasteiger partial charge in [-0.2, -0.15) is 5.10 Å². The molecule has 0 atom stereocenters. The van der Waals surface area contributed by atoms with Crippen LogP contribution < -0.4 is 0 Å². The maximum Gasteiger partial charge on any atom is 0.320 e. The molecule has 0 radical (unpaired) electrons. The molecular weight excluding hydrogens is 320 g/mol. The summed E-state index contributed by atoms with van der Waals surface area (Å²) in [6.07, 6.45) is 3.71. The Labute approximate surface area is 147 Å². The summed E-state index contributed by atoms with van der Waals surface area (Å²) in [7, 11) is 2.08. The summed E-state index contributed by atoms with van der Waals surface area (Å²) >= 11 is 0. The van der Waals surface area contributed by atoms with Gasteiger partial charge in [0, 0.05) is 58.9 Å². The topological polar surface area (TPSA) is 64.9 Å². The van der Waals surface area contributed by atoms with Crippen LogP contribution in [-0.2, 0) is 13.0 Å². The number of hydrogen-bond donors (Lipinski definition) is 0. The number of hydrogen-bond acceptors (Lipinski definition) is 4. The van der Waals surface area contributed by atoms with E-state index in [1.165, 1.54) is 0 Å². The molecule has 3 amide bonds. The second-order valence-corrected chi connectivity index (χ2v) is 7.18. The SMILES string of the molecule is CN1CCN(C(=O)N2CCN(C(=O)c3cnn4c3CCC4)CC2)CC1. The van der Waals surface area contributed by atoms with Crippen LogP contribution in [0, 0.1) is 0 Å². The predicted octanol–water partition coefficient (Wildman–Crippen LogP) is -0.0455. The standard InChI is InChI=1S/C17H26N6O2/c1-19-5-7-21(8-6-19)17(25)22-11-9-20(10-12-22)16(24)14-13-18-23-4-2-3-15(14)23/h13H,2-12H2,1H3. The van der Waals surface area contributed by atoms with Crippen molar-refractivity contribution in [3.63, 3.8) is 0 Å². The average Bonchev–Trinajstić information content (AvgIpc) is 3.25. The van der Waals surface area contributed by atoms with Crippen molar-refractivity contribution in [1.29, 1.82) is 0 Å². The predicted molar refractivity (Wildman–Crippen MR) is 92.5 cm³/mol. The maximum absolute atomic E-state index is 12.8. The van der Waals surface area contributed by atoms with E-state index in [1.807, 2.05) is 19.4 Å². The summed E-state index contributed by atoms with van der Waals surface area (Å²) < 4.78 is 1.94. The van der Waals surface area contributed by atoms with Gasteiger partial charge in [-0.25, -0.2) is 4.79 Å². The zero-order valence-corrected chi connectivity index (χ0v) is 14.9. The number of carbonyl (C=O) groups is 2. The lowest BCUT2D eigenvalue weighted by molar-refractivity contribution is 0.0619. The van der Waals surface area contributed by atoms with Gasteiger partial charge in [-0.05, 0) is 19.9 Å². The Balaban J connectivity index is 1.33. The first kappa shape index (κ1) is 16.4. The Morgan fingerprint density at radius 2 is 1.48 bits per heavy atom. The lowest BCUT2D eigenvalue weighted by Crippen LogP contribution is -2.57. The largest absolute Gasteiger partial charge is 0.335 e. The molecule has 2 saturated heterocycles. The molecule has 3 aliphatic heterocycles. The van der Waals surface area contributed by atoms with Crippen LogP contribution in [-0.4, -0.2) is 101 Å². The van der Waals surface area contributed by atoms with E-state index in [1.54, 1.807) is 6.20 Å². The molecule has 0 saturated carbocycles. The van der Waals surface area contributed by atoms with Gasteiger partial charge in [-0.15, -0.1) is 0 Å². The van der Waals surface area contributed by atoms with Crippen LogP contribution in [0.3, 0.4) is 0 Å².